The molecule has 1 fully saturated rings. The molecule has 0 aliphatic carbocycles. The van der Waals surface area contributed by atoms with Crippen LogP contribution in [0.1, 0.15) is 28.8 Å². The fourth-order valence-electron chi connectivity index (χ4n) is 5.27. The molecule has 5 rings (SSSR count). The lowest BCUT2D eigenvalue weighted by Crippen LogP contribution is -2.42. The van der Waals surface area contributed by atoms with Crippen LogP contribution in [0.2, 0.25) is 0 Å². The van der Waals surface area contributed by atoms with Gasteiger partial charge in [0.25, 0.3) is 5.91 Å². The lowest BCUT2D eigenvalue weighted by molar-refractivity contribution is 0.0692. The number of ether oxygens (including phenoxy) is 3. The quantitative estimate of drug-likeness (QED) is 0.492. The Hall–Kier alpha value is -3.25. The van der Waals surface area contributed by atoms with Crippen LogP contribution in [0.15, 0.2) is 54.6 Å². The first-order valence-electron chi connectivity index (χ1n) is 12.0. The molecule has 2 heterocycles. The van der Waals surface area contributed by atoms with Crippen molar-refractivity contribution in [2.75, 3.05) is 47.0 Å². The van der Waals surface area contributed by atoms with E-state index in [0.29, 0.717) is 30.6 Å². The lowest BCUT2D eigenvalue weighted by atomic mass is 9.97. The molecule has 34 heavy (non-hydrogen) atoms. The van der Waals surface area contributed by atoms with Crippen molar-refractivity contribution in [2.45, 2.75) is 19.4 Å². The van der Waals surface area contributed by atoms with E-state index in [1.54, 1.807) is 14.2 Å². The number of likely N-dealkylation sites (tertiary alicyclic amines) is 1. The Balaban J connectivity index is 1.16. The Kier molecular flexibility index (Phi) is 6.59. The number of hydrogen-bond donors (Lipinski definition) is 0. The lowest BCUT2D eigenvalue weighted by Gasteiger charge is -2.34. The summed E-state index contributed by atoms with van der Waals surface area (Å²) in [6, 6.07) is 18.3. The van der Waals surface area contributed by atoms with Crippen LogP contribution in [-0.2, 0) is 6.54 Å². The topological polar surface area (TPSA) is 51.2 Å². The third-order valence-corrected chi connectivity index (χ3v) is 6.98. The number of nitrogens with zero attached hydrogens (tertiary/aromatic N) is 2. The molecule has 3 aromatic carbocycles. The first-order valence-corrected chi connectivity index (χ1v) is 12.0. The van der Waals surface area contributed by atoms with Crippen LogP contribution >= 0.6 is 0 Å². The van der Waals surface area contributed by atoms with Gasteiger partial charge in [0.1, 0.15) is 12.4 Å². The van der Waals surface area contributed by atoms with Gasteiger partial charge in [0.05, 0.1) is 14.2 Å². The Bertz CT molecular complexity index is 1170. The highest BCUT2D eigenvalue weighted by Gasteiger charge is 2.32. The number of hydrogen-bond acceptors (Lipinski definition) is 5. The second kappa shape index (κ2) is 9.94. The molecule has 0 N–H and O–H groups in total. The molecule has 6 nitrogen and oxygen atoms in total. The number of benzene rings is 3. The van der Waals surface area contributed by atoms with Crippen molar-refractivity contribution in [3.05, 3.63) is 65.7 Å². The molecule has 2 aliphatic heterocycles. The van der Waals surface area contributed by atoms with Gasteiger partial charge in [0, 0.05) is 37.1 Å². The Morgan fingerprint density at radius 2 is 1.76 bits per heavy atom. The summed E-state index contributed by atoms with van der Waals surface area (Å²) in [5.41, 5.74) is 1.74. The number of rotatable bonds is 8. The second-order valence-electron chi connectivity index (χ2n) is 9.18. The molecule has 0 radical (unpaired) electrons. The monoisotopic (exact) mass is 460 g/mol. The number of piperidine rings is 1. The summed E-state index contributed by atoms with van der Waals surface area (Å²) in [4.78, 5) is 17.5. The minimum atomic E-state index is 0.0902. The van der Waals surface area contributed by atoms with Crippen molar-refractivity contribution in [3.63, 3.8) is 0 Å². The predicted octanol–water partition coefficient (Wildman–Crippen LogP) is 4.60. The number of methoxy groups -OCH3 is 2. The van der Waals surface area contributed by atoms with Crippen LogP contribution in [-0.4, -0.2) is 62.7 Å². The van der Waals surface area contributed by atoms with Gasteiger partial charge in [-0.05, 0) is 54.5 Å². The molecule has 1 unspecified atom stereocenters. The van der Waals surface area contributed by atoms with Crippen molar-refractivity contribution < 1.29 is 19.0 Å². The first kappa shape index (κ1) is 22.5. The van der Waals surface area contributed by atoms with Gasteiger partial charge in [-0.25, -0.2) is 0 Å². The number of fused-ring (bicyclic) bond motifs is 2. The fraction of sp³-hybridized carbons (Fsp3) is 0.393. The first-order chi connectivity index (χ1) is 16.7. The fourth-order valence-corrected chi connectivity index (χ4v) is 5.27. The van der Waals surface area contributed by atoms with Gasteiger partial charge in [0.2, 0.25) is 0 Å². The Morgan fingerprint density at radius 1 is 0.971 bits per heavy atom. The van der Waals surface area contributed by atoms with Crippen molar-refractivity contribution >= 4 is 16.7 Å². The molecular formula is C28H32N2O4. The molecule has 178 valence electrons. The van der Waals surface area contributed by atoms with E-state index < -0.39 is 0 Å². The highest BCUT2D eigenvalue weighted by molar-refractivity contribution is 5.99. The van der Waals surface area contributed by atoms with E-state index in [-0.39, 0.29) is 5.91 Å². The summed E-state index contributed by atoms with van der Waals surface area (Å²) in [5.74, 6) is 2.77. The number of amides is 1. The summed E-state index contributed by atoms with van der Waals surface area (Å²) < 4.78 is 17.0. The maximum Gasteiger partial charge on any atom is 0.254 e. The Labute approximate surface area is 201 Å². The van der Waals surface area contributed by atoms with Gasteiger partial charge in [-0.2, -0.15) is 0 Å². The highest BCUT2D eigenvalue weighted by Crippen LogP contribution is 2.35. The van der Waals surface area contributed by atoms with Crippen molar-refractivity contribution in [1.82, 2.24) is 9.80 Å². The van der Waals surface area contributed by atoms with Crippen LogP contribution in [0.3, 0.4) is 0 Å². The molecule has 6 heteroatoms. The van der Waals surface area contributed by atoms with E-state index in [9.17, 15) is 4.79 Å². The predicted molar refractivity (Wildman–Crippen MR) is 133 cm³/mol. The zero-order chi connectivity index (χ0) is 23.5. The molecule has 3 aromatic rings. The molecule has 1 saturated heterocycles. The average molecular weight is 461 g/mol. The van der Waals surface area contributed by atoms with E-state index in [2.05, 4.69) is 35.2 Å². The van der Waals surface area contributed by atoms with Crippen molar-refractivity contribution in [1.29, 1.82) is 0 Å². The summed E-state index contributed by atoms with van der Waals surface area (Å²) in [7, 11) is 3.22. The van der Waals surface area contributed by atoms with Crippen molar-refractivity contribution in [3.8, 4) is 17.2 Å². The van der Waals surface area contributed by atoms with E-state index >= 15 is 0 Å². The molecule has 0 bridgehead atoms. The zero-order valence-corrected chi connectivity index (χ0v) is 20.0. The van der Waals surface area contributed by atoms with Gasteiger partial charge in [-0.15, -0.1) is 0 Å². The third kappa shape index (κ3) is 4.55. The molecule has 1 atom stereocenters. The van der Waals surface area contributed by atoms with Crippen LogP contribution in [0.4, 0.5) is 0 Å². The van der Waals surface area contributed by atoms with Crippen molar-refractivity contribution in [2.24, 2.45) is 5.92 Å². The van der Waals surface area contributed by atoms with Gasteiger partial charge in [-0.3, -0.25) is 9.69 Å². The molecule has 1 amide bonds. The van der Waals surface area contributed by atoms with Gasteiger partial charge in [-0.1, -0.05) is 36.4 Å². The van der Waals surface area contributed by atoms with E-state index in [1.165, 1.54) is 5.39 Å². The average Bonchev–Trinajstić information content (AvgIpc) is 3.17. The maximum atomic E-state index is 13.1. The highest BCUT2D eigenvalue weighted by atomic mass is 16.5. The smallest absolute Gasteiger partial charge is 0.254 e. The molecule has 0 aromatic heterocycles. The van der Waals surface area contributed by atoms with Crippen LogP contribution in [0.25, 0.3) is 10.8 Å². The number of carbonyl (C=O) groups is 1. The number of carbonyl (C=O) groups excluding carboxylic acids is 1. The van der Waals surface area contributed by atoms with E-state index in [0.717, 1.165) is 61.3 Å². The SMILES string of the molecule is COc1cc2c(cc1OC)C(=O)N(CC1CCCN(CCOc3cccc4ccccc34)C1)C2. The normalized spacial score (nSPS) is 18.2. The summed E-state index contributed by atoms with van der Waals surface area (Å²) in [5, 5.41) is 2.35. The van der Waals surface area contributed by atoms with E-state index in [1.807, 2.05) is 29.2 Å². The molecule has 0 spiro atoms. The standard InChI is InChI=1S/C28H32N2O4/c1-32-26-15-22-19-30(28(31)24(22)16-27(26)33-2)18-20-7-6-12-29(17-20)13-14-34-25-11-5-9-21-8-3-4-10-23(21)25/h3-5,8-11,15-16,20H,6-7,12-14,17-19H2,1-2H3. The van der Waals surface area contributed by atoms with Crippen LogP contribution < -0.4 is 14.2 Å². The third-order valence-electron chi connectivity index (χ3n) is 6.98. The van der Waals surface area contributed by atoms with Gasteiger partial charge in [0.15, 0.2) is 11.5 Å². The molecule has 2 aliphatic rings. The van der Waals surface area contributed by atoms with Crippen LogP contribution in [0.5, 0.6) is 17.2 Å². The van der Waals surface area contributed by atoms with E-state index in [4.69, 9.17) is 14.2 Å². The Morgan fingerprint density at radius 3 is 2.62 bits per heavy atom. The summed E-state index contributed by atoms with van der Waals surface area (Å²) in [6.07, 6.45) is 2.29. The van der Waals surface area contributed by atoms with Gasteiger partial charge >= 0.3 is 0 Å². The maximum absolute atomic E-state index is 13.1. The molecular weight excluding hydrogens is 428 g/mol. The van der Waals surface area contributed by atoms with Crippen LogP contribution in [0, 0.1) is 5.92 Å². The summed E-state index contributed by atoms with van der Waals surface area (Å²) in [6.45, 7) is 5.04. The minimum Gasteiger partial charge on any atom is -0.493 e. The second-order valence-corrected chi connectivity index (χ2v) is 9.18. The summed E-state index contributed by atoms with van der Waals surface area (Å²) >= 11 is 0. The largest absolute Gasteiger partial charge is 0.493 e. The van der Waals surface area contributed by atoms with Gasteiger partial charge < -0.3 is 19.1 Å². The molecule has 0 saturated carbocycles. The minimum absolute atomic E-state index is 0.0902. The zero-order valence-electron chi connectivity index (χ0n) is 20.0.